The minimum absolute atomic E-state index is 0.0794. The number of rotatable bonds is 8. The monoisotopic (exact) mass is 498 g/mol. The number of fused-ring (bicyclic) bond motifs is 1. The van der Waals surface area contributed by atoms with Crippen molar-refractivity contribution in [2.75, 3.05) is 16.2 Å². The highest BCUT2D eigenvalue weighted by molar-refractivity contribution is 7.91. The summed E-state index contributed by atoms with van der Waals surface area (Å²) in [6, 6.07) is 10.9. The number of benzene rings is 2. The lowest BCUT2D eigenvalue weighted by atomic mass is 9.71. The number of amides is 1. The molecule has 2 aromatic rings. The van der Waals surface area contributed by atoms with Gasteiger partial charge in [0, 0.05) is 29.8 Å². The van der Waals surface area contributed by atoms with Gasteiger partial charge >= 0.3 is 0 Å². The minimum Gasteiger partial charge on any atom is -0.311 e. The van der Waals surface area contributed by atoms with E-state index in [2.05, 4.69) is 31.6 Å². The van der Waals surface area contributed by atoms with Crippen LogP contribution in [0.25, 0.3) is 0 Å². The van der Waals surface area contributed by atoms with E-state index in [9.17, 15) is 17.6 Å². The van der Waals surface area contributed by atoms with Crippen LogP contribution in [0.1, 0.15) is 64.0 Å². The quantitative estimate of drug-likeness (QED) is 0.440. The van der Waals surface area contributed by atoms with Gasteiger partial charge in [-0.2, -0.15) is 0 Å². The number of aryl methyl sites for hydroxylation is 1. The second kappa shape index (κ2) is 10.1. The van der Waals surface area contributed by atoms with Gasteiger partial charge in [-0.1, -0.05) is 51.0 Å². The van der Waals surface area contributed by atoms with Crippen molar-refractivity contribution in [1.82, 2.24) is 0 Å². The van der Waals surface area contributed by atoms with Gasteiger partial charge in [-0.3, -0.25) is 9.52 Å². The third kappa shape index (κ3) is 6.13. The van der Waals surface area contributed by atoms with Gasteiger partial charge in [0.25, 0.3) is 0 Å². The molecule has 1 heterocycles. The van der Waals surface area contributed by atoms with E-state index >= 15 is 0 Å². The van der Waals surface area contributed by atoms with E-state index in [0.29, 0.717) is 36.6 Å². The van der Waals surface area contributed by atoms with Crippen LogP contribution in [0.3, 0.4) is 0 Å². The molecule has 1 amide bonds. The van der Waals surface area contributed by atoms with Crippen LogP contribution in [-0.4, -0.2) is 20.9 Å². The predicted octanol–water partition coefficient (Wildman–Crippen LogP) is 6.21. The first-order chi connectivity index (χ1) is 16.6. The van der Waals surface area contributed by atoms with Crippen LogP contribution in [-0.2, 0) is 27.0 Å². The van der Waals surface area contributed by atoms with Crippen molar-refractivity contribution >= 4 is 27.3 Å². The van der Waals surface area contributed by atoms with Crippen molar-refractivity contribution in [1.29, 1.82) is 0 Å². The fraction of sp³-hybridized carbons (Fsp3) is 0.464. The summed E-state index contributed by atoms with van der Waals surface area (Å²) in [5.41, 5.74) is 4.22. The van der Waals surface area contributed by atoms with Crippen molar-refractivity contribution < 1.29 is 17.6 Å². The third-order valence-corrected chi connectivity index (χ3v) is 8.49. The number of carbonyl (C=O) groups excluding carboxylic acids is 1. The highest BCUT2D eigenvalue weighted by atomic mass is 32.2. The van der Waals surface area contributed by atoms with Gasteiger partial charge in [-0.05, 0) is 73.1 Å². The third-order valence-electron chi connectivity index (χ3n) is 7.23. The molecule has 2 atom stereocenters. The van der Waals surface area contributed by atoms with Crippen molar-refractivity contribution in [3.8, 4) is 0 Å². The molecule has 0 spiro atoms. The van der Waals surface area contributed by atoms with Gasteiger partial charge in [-0.15, -0.1) is 0 Å². The second-order valence-electron chi connectivity index (χ2n) is 10.3. The molecule has 35 heavy (non-hydrogen) atoms. The van der Waals surface area contributed by atoms with E-state index in [1.165, 1.54) is 29.8 Å². The molecule has 2 aromatic carbocycles. The second-order valence-corrected chi connectivity index (χ2v) is 12.0. The highest BCUT2D eigenvalue weighted by Gasteiger charge is 2.36. The molecule has 188 valence electrons. The summed E-state index contributed by atoms with van der Waals surface area (Å²) in [7, 11) is -3.66. The number of anilines is 2. The lowest BCUT2D eigenvalue weighted by molar-refractivity contribution is -0.119. The highest BCUT2D eigenvalue weighted by Crippen LogP contribution is 2.42. The summed E-state index contributed by atoms with van der Waals surface area (Å²) >= 11 is 0. The zero-order valence-electron chi connectivity index (χ0n) is 20.8. The molecule has 2 unspecified atom stereocenters. The number of nitrogens with one attached hydrogen (secondary N) is 1. The van der Waals surface area contributed by atoms with Crippen molar-refractivity contribution in [2.24, 2.45) is 11.3 Å². The smallest absolute Gasteiger partial charge is 0.236 e. The van der Waals surface area contributed by atoms with Crippen LogP contribution in [0.5, 0.6) is 0 Å². The van der Waals surface area contributed by atoms with Gasteiger partial charge < -0.3 is 4.90 Å². The Morgan fingerprint density at radius 1 is 1.11 bits per heavy atom. The lowest BCUT2D eigenvalue weighted by Crippen LogP contribution is -2.43. The first-order valence-corrected chi connectivity index (χ1v) is 14.1. The number of hydrogen-bond donors (Lipinski definition) is 1. The summed E-state index contributed by atoms with van der Waals surface area (Å²) in [6.45, 7) is 7.33. The molecule has 7 heteroatoms. The molecule has 0 saturated heterocycles. The number of sulfonamides is 1. The molecule has 1 aliphatic carbocycles. The van der Waals surface area contributed by atoms with Crippen molar-refractivity contribution in [3.05, 3.63) is 71.1 Å². The average molecular weight is 499 g/mol. The van der Waals surface area contributed by atoms with Crippen LogP contribution < -0.4 is 9.62 Å². The maximum atomic E-state index is 13.1. The number of allylic oxidation sites excluding steroid dienone is 1. The topological polar surface area (TPSA) is 66.5 Å². The molecule has 0 radical (unpaired) electrons. The summed E-state index contributed by atoms with van der Waals surface area (Å²) in [4.78, 5) is 14.9. The molecule has 0 bridgehead atoms. The largest absolute Gasteiger partial charge is 0.311 e. The van der Waals surface area contributed by atoms with E-state index in [1.54, 1.807) is 6.07 Å². The number of carbonyl (C=O) groups is 1. The molecule has 2 aliphatic rings. The fourth-order valence-electron chi connectivity index (χ4n) is 5.53. The fourth-order valence-corrected chi connectivity index (χ4v) is 6.72. The van der Waals surface area contributed by atoms with Gasteiger partial charge in [0.05, 0.1) is 5.75 Å². The Labute approximate surface area is 208 Å². The maximum Gasteiger partial charge on any atom is 0.236 e. The Morgan fingerprint density at radius 3 is 2.54 bits per heavy atom. The Balaban J connectivity index is 1.54. The predicted molar refractivity (Wildman–Crippen MR) is 139 cm³/mol. The standard InChI is InChI=1S/C28H35FN2O3S/c1-4-20-14-21(5-2)17-28(3,16-20)19-31-26-12-11-25(15-23(26)8-13-27(31)32)30-35(33,34)18-22-6-9-24(29)10-7-22/h6-7,9-12,15-16,21,30H,4-5,8,13-14,17-19H2,1-3H3. The van der Waals surface area contributed by atoms with Crippen LogP contribution in [0.2, 0.25) is 0 Å². The Bertz CT molecular complexity index is 1220. The molecule has 0 fully saturated rings. The number of hydrogen-bond acceptors (Lipinski definition) is 3. The molecule has 1 aliphatic heterocycles. The first-order valence-electron chi connectivity index (χ1n) is 12.5. The van der Waals surface area contributed by atoms with Crippen LogP contribution in [0.15, 0.2) is 54.1 Å². The molecular formula is C28H35FN2O3S. The maximum absolute atomic E-state index is 13.1. The zero-order chi connectivity index (χ0) is 25.2. The van der Waals surface area contributed by atoms with Crippen LogP contribution in [0, 0.1) is 17.2 Å². The van der Waals surface area contributed by atoms with Gasteiger partial charge in [0.15, 0.2) is 0 Å². The Kier molecular flexibility index (Phi) is 7.36. The SMILES string of the molecule is CCC1=CC(C)(CN2C(=O)CCc3cc(NS(=O)(=O)Cc4ccc(F)cc4)ccc32)CC(CC)C1. The van der Waals surface area contributed by atoms with Crippen LogP contribution in [0.4, 0.5) is 15.8 Å². The van der Waals surface area contributed by atoms with Crippen molar-refractivity contribution in [2.45, 2.75) is 65.0 Å². The molecule has 1 N–H and O–H groups in total. The molecule has 5 nitrogen and oxygen atoms in total. The Morgan fingerprint density at radius 2 is 1.86 bits per heavy atom. The summed E-state index contributed by atoms with van der Waals surface area (Å²) in [6.07, 6.45) is 7.77. The lowest BCUT2D eigenvalue weighted by Gasteiger charge is -2.41. The van der Waals surface area contributed by atoms with Gasteiger partial charge in [-0.25, -0.2) is 12.8 Å². The normalized spacial score (nSPS) is 22.5. The zero-order valence-corrected chi connectivity index (χ0v) is 21.6. The van der Waals surface area contributed by atoms with E-state index in [0.717, 1.165) is 36.9 Å². The van der Waals surface area contributed by atoms with E-state index in [4.69, 9.17) is 0 Å². The molecular weight excluding hydrogens is 463 g/mol. The summed E-state index contributed by atoms with van der Waals surface area (Å²) in [5.74, 6) is 0.116. The molecule has 0 saturated carbocycles. The van der Waals surface area contributed by atoms with E-state index < -0.39 is 15.8 Å². The summed E-state index contributed by atoms with van der Waals surface area (Å²) in [5, 5.41) is 0. The number of halogens is 1. The first kappa shape index (κ1) is 25.4. The number of nitrogens with zero attached hydrogens (tertiary/aromatic N) is 1. The van der Waals surface area contributed by atoms with Crippen molar-refractivity contribution in [3.63, 3.8) is 0 Å². The summed E-state index contributed by atoms with van der Waals surface area (Å²) < 4.78 is 41.1. The van der Waals surface area contributed by atoms with Crippen LogP contribution >= 0.6 is 0 Å². The Hall–Kier alpha value is -2.67. The van der Waals surface area contributed by atoms with E-state index in [1.807, 2.05) is 17.0 Å². The van der Waals surface area contributed by atoms with Gasteiger partial charge in [0.1, 0.15) is 5.82 Å². The molecule has 0 aromatic heterocycles. The average Bonchev–Trinajstić information content (AvgIpc) is 2.81. The van der Waals surface area contributed by atoms with E-state index in [-0.39, 0.29) is 17.1 Å². The van der Waals surface area contributed by atoms with Gasteiger partial charge in [0.2, 0.25) is 15.9 Å². The molecule has 4 rings (SSSR count). The minimum atomic E-state index is -3.66.